The Labute approximate surface area is 170 Å². The molecule has 1 amide bonds. The fourth-order valence-corrected chi connectivity index (χ4v) is 3.60. The number of anilines is 1. The van der Waals surface area contributed by atoms with Gasteiger partial charge in [0, 0.05) is 17.3 Å². The topological polar surface area (TPSA) is 80.0 Å². The maximum atomic E-state index is 12.8. The van der Waals surface area contributed by atoms with Gasteiger partial charge in [0.05, 0.1) is 17.2 Å². The van der Waals surface area contributed by atoms with Crippen molar-refractivity contribution in [1.29, 1.82) is 0 Å². The average molecular weight is 418 g/mol. The fourth-order valence-electron chi connectivity index (χ4n) is 3.60. The summed E-state index contributed by atoms with van der Waals surface area (Å²) in [4.78, 5) is 15.7. The fraction of sp³-hybridized carbons (Fsp3) is 0.381. The zero-order valence-electron chi connectivity index (χ0n) is 16.4. The molecule has 4 rings (SSSR count). The summed E-state index contributed by atoms with van der Waals surface area (Å²) >= 11 is 0. The molecular formula is C21H21F3N4O2. The number of aliphatic hydroxyl groups is 1. The summed E-state index contributed by atoms with van der Waals surface area (Å²) < 4.78 is 40.3. The Bertz CT molecular complexity index is 1100. The Morgan fingerprint density at radius 2 is 1.93 bits per heavy atom. The first kappa shape index (κ1) is 20.3. The molecule has 9 heteroatoms. The van der Waals surface area contributed by atoms with Crippen LogP contribution in [-0.4, -0.2) is 31.4 Å². The zero-order chi connectivity index (χ0) is 21.7. The quantitative estimate of drug-likeness (QED) is 0.657. The van der Waals surface area contributed by atoms with E-state index in [4.69, 9.17) is 0 Å². The number of rotatable bonds is 4. The molecule has 1 saturated carbocycles. The van der Waals surface area contributed by atoms with Gasteiger partial charge < -0.3 is 10.4 Å². The SMILES string of the molecule is CC(C)(O)[C@H]1C[C@@H](n2cc3cc(NC(=O)c4cccc(C(F)(F)F)n4)ccc3n2)C1. The van der Waals surface area contributed by atoms with Crippen molar-refractivity contribution in [3.05, 3.63) is 54.0 Å². The van der Waals surface area contributed by atoms with Crippen molar-refractivity contribution in [1.82, 2.24) is 14.8 Å². The summed E-state index contributed by atoms with van der Waals surface area (Å²) in [5.74, 6) is -0.496. The minimum atomic E-state index is -4.62. The molecular weight excluding hydrogens is 397 g/mol. The monoisotopic (exact) mass is 418 g/mol. The molecule has 0 aliphatic heterocycles. The molecule has 0 saturated heterocycles. The Kier molecular flexibility index (Phi) is 4.80. The van der Waals surface area contributed by atoms with E-state index >= 15 is 0 Å². The highest BCUT2D eigenvalue weighted by Gasteiger charge is 2.40. The normalized spacial score (nSPS) is 19.5. The van der Waals surface area contributed by atoms with Crippen molar-refractivity contribution >= 4 is 22.5 Å². The second kappa shape index (κ2) is 7.09. The van der Waals surface area contributed by atoms with Crippen molar-refractivity contribution in [2.45, 2.75) is 44.5 Å². The maximum Gasteiger partial charge on any atom is 0.433 e. The van der Waals surface area contributed by atoms with Gasteiger partial charge >= 0.3 is 6.18 Å². The van der Waals surface area contributed by atoms with Crippen LogP contribution in [0.15, 0.2) is 42.6 Å². The van der Waals surface area contributed by atoms with Gasteiger partial charge in [-0.15, -0.1) is 0 Å². The van der Waals surface area contributed by atoms with Gasteiger partial charge in [0.25, 0.3) is 5.91 Å². The Hall–Kier alpha value is -2.94. The maximum absolute atomic E-state index is 12.8. The van der Waals surface area contributed by atoms with Gasteiger partial charge in [0.15, 0.2) is 0 Å². The lowest BCUT2D eigenvalue weighted by Gasteiger charge is -2.42. The number of nitrogens with one attached hydrogen (secondary N) is 1. The minimum absolute atomic E-state index is 0.209. The van der Waals surface area contributed by atoms with Crippen LogP contribution in [0.2, 0.25) is 0 Å². The van der Waals surface area contributed by atoms with Gasteiger partial charge in [0.2, 0.25) is 0 Å². The molecule has 0 unspecified atom stereocenters. The number of aromatic nitrogens is 3. The van der Waals surface area contributed by atoms with E-state index in [1.54, 1.807) is 18.2 Å². The van der Waals surface area contributed by atoms with Gasteiger partial charge in [-0.25, -0.2) is 4.98 Å². The lowest BCUT2D eigenvalue weighted by Crippen LogP contribution is -2.41. The van der Waals surface area contributed by atoms with Crippen LogP contribution in [-0.2, 0) is 6.18 Å². The zero-order valence-corrected chi connectivity index (χ0v) is 16.4. The van der Waals surface area contributed by atoms with E-state index in [1.807, 2.05) is 24.7 Å². The second-order valence-electron chi connectivity index (χ2n) is 8.22. The molecule has 2 N–H and O–H groups in total. The second-order valence-corrected chi connectivity index (χ2v) is 8.22. The number of carbonyl (C=O) groups is 1. The van der Waals surface area contributed by atoms with Gasteiger partial charge in [-0.1, -0.05) is 6.07 Å². The summed E-state index contributed by atoms with van der Waals surface area (Å²) in [5.41, 5.74) is -0.951. The number of nitrogens with zero attached hydrogens (tertiary/aromatic N) is 3. The molecule has 6 nitrogen and oxygen atoms in total. The first-order valence-corrected chi connectivity index (χ1v) is 9.57. The van der Waals surface area contributed by atoms with Gasteiger partial charge in [-0.05, 0) is 62.9 Å². The number of benzene rings is 1. The number of amides is 1. The predicted molar refractivity (Wildman–Crippen MR) is 105 cm³/mol. The van der Waals surface area contributed by atoms with Crippen LogP contribution in [0, 0.1) is 5.92 Å². The van der Waals surface area contributed by atoms with Crippen molar-refractivity contribution in [2.24, 2.45) is 5.92 Å². The predicted octanol–water partition coefficient (Wildman–Crippen LogP) is 4.42. The summed E-state index contributed by atoms with van der Waals surface area (Å²) in [5, 5.41) is 18.0. The first-order valence-electron chi connectivity index (χ1n) is 9.57. The van der Waals surface area contributed by atoms with E-state index < -0.39 is 23.4 Å². The molecule has 0 bridgehead atoms. The van der Waals surface area contributed by atoms with Crippen LogP contribution >= 0.6 is 0 Å². The van der Waals surface area contributed by atoms with Crippen LogP contribution in [0.25, 0.3) is 10.9 Å². The molecule has 1 aliphatic rings. The molecule has 0 atom stereocenters. The third kappa shape index (κ3) is 4.02. The lowest BCUT2D eigenvalue weighted by atomic mass is 9.71. The number of fused-ring (bicyclic) bond motifs is 1. The van der Waals surface area contributed by atoms with E-state index in [0.717, 1.165) is 35.9 Å². The molecule has 1 aliphatic carbocycles. The number of hydrogen-bond donors (Lipinski definition) is 2. The van der Waals surface area contributed by atoms with Gasteiger partial charge in [0.1, 0.15) is 11.4 Å². The molecule has 3 aromatic rings. The van der Waals surface area contributed by atoms with Crippen LogP contribution in [0.4, 0.5) is 18.9 Å². The third-order valence-electron chi connectivity index (χ3n) is 5.54. The summed E-state index contributed by atoms with van der Waals surface area (Å²) in [6.07, 6.45) is -1.07. The molecule has 30 heavy (non-hydrogen) atoms. The Balaban J connectivity index is 1.49. The van der Waals surface area contributed by atoms with Crippen molar-refractivity contribution in [2.75, 3.05) is 5.32 Å². The van der Waals surface area contributed by atoms with Gasteiger partial charge in [-0.2, -0.15) is 18.3 Å². The largest absolute Gasteiger partial charge is 0.433 e. The smallest absolute Gasteiger partial charge is 0.390 e. The van der Waals surface area contributed by atoms with E-state index in [0.29, 0.717) is 5.69 Å². The lowest BCUT2D eigenvalue weighted by molar-refractivity contribution is -0.141. The van der Waals surface area contributed by atoms with Crippen LogP contribution in [0.1, 0.15) is 48.9 Å². The number of alkyl halides is 3. The average Bonchev–Trinajstić information content (AvgIpc) is 3.01. The van der Waals surface area contributed by atoms with Crippen LogP contribution in [0.3, 0.4) is 0 Å². The molecule has 1 fully saturated rings. The van der Waals surface area contributed by atoms with Crippen molar-refractivity contribution in [3.8, 4) is 0 Å². The van der Waals surface area contributed by atoms with E-state index in [-0.39, 0.29) is 17.7 Å². The number of pyridine rings is 1. The van der Waals surface area contributed by atoms with E-state index in [1.165, 1.54) is 6.07 Å². The first-order chi connectivity index (χ1) is 14.0. The molecule has 1 aromatic carbocycles. The van der Waals surface area contributed by atoms with Crippen LogP contribution in [0.5, 0.6) is 0 Å². The third-order valence-corrected chi connectivity index (χ3v) is 5.54. The molecule has 2 aromatic heterocycles. The highest BCUT2D eigenvalue weighted by atomic mass is 19.4. The highest BCUT2D eigenvalue weighted by molar-refractivity contribution is 6.03. The number of hydrogen-bond acceptors (Lipinski definition) is 4. The van der Waals surface area contributed by atoms with Gasteiger partial charge in [-0.3, -0.25) is 9.48 Å². The molecule has 0 spiro atoms. The standard InChI is InChI=1S/C21H21F3N4O2/c1-20(2,30)13-9-15(10-13)28-11-12-8-14(6-7-16(12)27-28)25-19(29)17-4-3-5-18(26-17)21(22,23)24/h3-8,11,13,15,30H,9-10H2,1-2H3,(H,25,29)/t13-,15+. The van der Waals surface area contributed by atoms with E-state index in [9.17, 15) is 23.1 Å². The summed E-state index contributed by atoms with van der Waals surface area (Å²) in [6, 6.07) is 8.52. The Morgan fingerprint density at radius 1 is 1.20 bits per heavy atom. The highest BCUT2D eigenvalue weighted by Crippen LogP contribution is 2.43. The van der Waals surface area contributed by atoms with Crippen LogP contribution < -0.4 is 5.32 Å². The Morgan fingerprint density at radius 3 is 2.60 bits per heavy atom. The van der Waals surface area contributed by atoms with E-state index in [2.05, 4.69) is 15.4 Å². The molecule has 0 radical (unpaired) electrons. The number of carbonyl (C=O) groups excluding carboxylic acids is 1. The number of halogens is 3. The summed E-state index contributed by atoms with van der Waals surface area (Å²) in [6.45, 7) is 3.61. The minimum Gasteiger partial charge on any atom is -0.390 e. The molecule has 2 heterocycles. The van der Waals surface area contributed by atoms with Crippen molar-refractivity contribution in [3.63, 3.8) is 0 Å². The molecule has 158 valence electrons. The van der Waals surface area contributed by atoms with Crippen molar-refractivity contribution < 1.29 is 23.1 Å². The summed E-state index contributed by atoms with van der Waals surface area (Å²) in [7, 11) is 0.